The molecule has 0 radical (unpaired) electrons. The maximum absolute atomic E-state index is 12.6. The van der Waals surface area contributed by atoms with E-state index in [1.165, 1.54) is 0 Å². The SMILES string of the molecule is C=C(C)COC[C@H]1OC(=O)[C@@H](NC(=O)O)COC[C@H](OCC(=C)C)[C@H]1OCC(=C)C. The molecule has 0 aromatic rings. The lowest BCUT2D eigenvalue weighted by Crippen LogP contribution is -2.49. The smallest absolute Gasteiger partial charge is 0.405 e. The molecule has 30 heavy (non-hydrogen) atoms. The fraction of sp³-hybridized carbons (Fsp3) is 0.619. The van der Waals surface area contributed by atoms with Gasteiger partial charge in [0.2, 0.25) is 0 Å². The molecule has 0 saturated carbocycles. The van der Waals surface area contributed by atoms with Gasteiger partial charge in [-0.15, -0.1) is 0 Å². The molecule has 0 aromatic carbocycles. The van der Waals surface area contributed by atoms with E-state index in [1.54, 1.807) is 6.92 Å². The van der Waals surface area contributed by atoms with E-state index in [1.807, 2.05) is 13.8 Å². The number of carboxylic acid groups (broad SMARTS) is 1. The minimum absolute atomic E-state index is 0.00613. The van der Waals surface area contributed by atoms with E-state index in [0.717, 1.165) is 16.7 Å². The fourth-order valence-corrected chi connectivity index (χ4v) is 2.58. The van der Waals surface area contributed by atoms with Crippen molar-refractivity contribution >= 4 is 12.1 Å². The Morgan fingerprint density at radius 3 is 2.23 bits per heavy atom. The van der Waals surface area contributed by atoms with E-state index in [9.17, 15) is 9.59 Å². The Hall–Kier alpha value is -2.20. The van der Waals surface area contributed by atoms with Gasteiger partial charge in [-0.25, -0.2) is 9.59 Å². The molecule has 1 heterocycles. The van der Waals surface area contributed by atoms with Crippen LogP contribution in [0.5, 0.6) is 0 Å². The third-order valence-electron chi connectivity index (χ3n) is 3.85. The first-order chi connectivity index (χ1) is 14.1. The van der Waals surface area contributed by atoms with Gasteiger partial charge in [0.05, 0.1) is 39.6 Å². The summed E-state index contributed by atoms with van der Waals surface area (Å²) in [6.07, 6.45) is -3.58. The molecule has 1 rings (SSSR count). The highest BCUT2D eigenvalue weighted by molar-refractivity contribution is 5.81. The normalized spacial score (nSPS) is 24.7. The highest BCUT2D eigenvalue weighted by atomic mass is 16.6. The molecule has 1 fully saturated rings. The molecule has 0 unspecified atom stereocenters. The Morgan fingerprint density at radius 2 is 1.67 bits per heavy atom. The van der Waals surface area contributed by atoms with Crippen molar-refractivity contribution in [1.82, 2.24) is 5.32 Å². The van der Waals surface area contributed by atoms with Crippen LogP contribution in [-0.4, -0.2) is 81.2 Å². The highest BCUT2D eigenvalue weighted by Crippen LogP contribution is 2.19. The summed E-state index contributed by atoms with van der Waals surface area (Å²) >= 11 is 0. The van der Waals surface area contributed by atoms with Crippen molar-refractivity contribution in [3.8, 4) is 0 Å². The van der Waals surface area contributed by atoms with Crippen molar-refractivity contribution in [2.75, 3.05) is 39.6 Å². The van der Waals surface area contributed by atoms with Gasteiger partial charge >= 0.3 is 12.1 Å². The van der Waals surface area contributed by atoms with Crippen molar-refractivity contribution in [2.45, 2.75) is 45.1 Å². The first-order valence-corrected chi connectivity index (χ1v) is 9.62. The van der Waals surface area contributed by atoms with Gasteiger partial charge in [0, 0.05) is 0 Å². The standard InChI is InChI=1S/C21H33NO8/c1-13(2)7-26-12-18-19(29-9-15(5)6)17(28-8-14(3)4)11-27-10-16(20(23)30-18)22-21(24)25/h16-19,22H,1,3,5,7-12H2,2,4,6H3,(H,24,25)/t16-,17-,18+,19+/m0/s1. The first-order valence-electron chi connectivity index (χ1n) is 9.62. The minimum Gasteiger partial charge on any atom is -0.465 e. The third-order valence-corrected chi connectivity index (χ3v) is 3.85. The molecular formula is C21H33NO8. The highest BCUT2D eigenvalue weighted by Gasteiger charge is 2.38. The summed E-state index contributed by atoms with van der Waals surface area (Å²) in [6, 6.07) is -1.19. The molecule has 0 spiro atoms. The number of hydrogen-bond donors (Lipinski definition) is 2. The van der Waals surface area contributed by atoms with E-state index in [4.69, 9.17) is 28.8 Å². The molecule has 1 aliphatic heterocycles. The van der Waals surface area contributed by atoms with Gasteiger partial charge in [-0.1, -0.05) is 36.5 Å². The van der Waals surface area contributed by atoms with Crippen molar-refractivity contribution in [3.63, 3.8) is 0 Å². The Kier molecular flexibility index (Phi) is 11.3. The van der Waals surface area contributed by atoms with Crippen LogP contribution in [0.25, 0.3) is 0 Å². The van der Waals surface area contributed by atoms with Crippen LogP contribution in [0.3, 0.4) is 0 Å². The predicted octanol–water partition coefficient (Wildman–Crippen LogP) is 2.08. The van der Waals surface area contributed by atoms with Crippen LogP contribution in [0.1, 0.15) is 20.8 Å². The maximum Gasteiger partial charge on any atom is 0.405 e. The van der Waals surface area contributed by atoms with Crippen LogP contribution < -0.4 is 5.32 Å². The third kappa shape index (κ3) is 10.0. The van der Waals surface area contributed by atoms with E-state index >= 15 is 0 Å². The largest absolute Gasteiger partial charge is 0.465 e. The summed E-state index contributed by atoms with van der Waals surface area (Å²) < 4.78 is 28.7. The van der Waals surface area contributed by atoms with Crippen LogP contribution in [0, 0.1) is 0 Å². The van der Waals surface area contributed by atoms with Crippen LogP contribution in [-0.2, 0) is 28.5 Å². The van der Waals surface area contributed by atoms with Crippen LogP contribution in [0.4, 0.5) is 4.79 Å². The number of hydrogen-bond acceptors (Lipinski definition) is 7. The lowest BCUT2D eigenvalue weighted by atomic mass is 10.1. The Labute approximate surface area is 177 Å². The van der Waals surface area contributed by atoms with Gasteiger partial charge in [0.1, 0.15) is 12.2 Å². The Balaban J connectivity index is 3.14. The summed E-state index contributed by atoms with van der Waals surface area (Å²) in [5.41, 5.74) is 2.37. The fourth-order valence-electron chi connectivity index (χ4n) is 2.58. The first kappa shape index (κ1) is 25.8. The zero-order valence-corrected chi connectivity index (χ0v) is 18.0. The van der Waals surface area contributed by atoms with Crippen molar-refractivity contribution in [2.24, 2.45) is 0 Å². The van der Waals surface area contributed by atoms with Gasteiger partial charge in [-0.2, -0.15) is 0 Å². The zero-order valence-electron chi connectivity index (χ0n) is 18.0. The average Bonchev–Trinajstić information content (AvgIpc) is 2.67. The van der Waals surface area contributed by atoms with Crippen LogP contribution in [0.2, 0.25) is 0 Å². The van der Waals surface area contributed by atoms with Gasteiger partial charge in [-0.3, -0.25) is 0 Å². The van der Waals surface area contributed by atoms with E-state index in [-0.39, 0.29) is 39.6 Å². The number of rotatable bonds is 11. The number of amides is 1. The number of carbonyl (C=O) groups is 2. The lowest BCUT2D eigenvalue weighted by molar-refractivity contribution is -0.175. The molecule has 9 heteroatoms. The second-order valence-electron chi connectivity index (χ2n) is 7.53. The molecule has 9 nitrogen and oxygen atoms in total. The number of nitrogens with one attached hydrogen (secondary N) is 1. The number of carbonyl (C=O) groups excluding carboxylic acids is 1. The summed E-state index contributed by atoms with van der Waals surface area (Å²) in [7, 11) is 0. The summed E-state index contributed by atoms with van der Waals surface area (Å²) in [6.45, 7) is 17.5. The molecule has 170 valence electrons. The molecule has 0 aliphatic carbocycles. The Bertz CT molecular complexity index is 632. The van der Waals surface area contributed by atoms with Crippen molar-refractivity contribution in [3.05, 3.63) is 36.5 Å². The van der Waals surface area contributed by atoms with Crippen molar-refractivity contribution in [1.29, 1.82) is 0 Å². The Morgan fingerprint density at radius 1 is 1.07 bits per heavy atom. The molecular weight excluding hydrogens is 394 g/mol. The molecule has 0 aromatic heterocycles. The molecule has 2 N–H and O–H groups in total. The van der Waals surface area contributed by atoms with Gasteiger partial charge in [-0.05, 0) is 20.8 Å². The van der Waals surface area contributed by atoms with Crippen LogP contribution >= 0.6 is 0 Å². The zero-order chi connectivity index (χ0) is 22.7. The number of cyclic esters (lactones) is 1. The molecule has 0 bridgehead atoms. The topological polar surface area (TPSA) is 113 Å². The van der Waals surface area contributed by atoms with E-state index in [2.05, 4.69) is 25.1 Å². The minimum atomic E-state index is -1.36. The monoisotopic (exact) mass is 427 g/mol. The summed E-state index contributed by atoms with van der Waals surface area (Å²) in [5, 5.41) is 11.1. The average molecular weight is 427 g/mol. The van der Waals surface area contributed by atoms with Gasteiger partial charge < -0.3 is 34.1 Å². The molecule has 4 atom stereocenters. The molecule has 1 aliphatic rings. The second-order valence-corrected chi connectivity index (χ2v) is 7.53. The van der Waals surface area contributed by atoms with E-state index < -0.39 is 36.4 Å². The summed E-state index contributed by atoms with van der Waals surface area (Å²) in [4.78, 5) is 23.6. The van der Waals surface area contributed by atoms with Gasteiger partial charge in [0.15, 0.2) is 12.1 Å². The van der Waals surface area contributed by atoms with E-state index in [0.29, 0.717) is 0 Å². The van der Waals surface area contributed by atoms with Crippen molar-refractivity contribution < 1.29 is 38.4 Å². The second kappa shape index (κ2) is 13.2. The maximum atomic E-state index is 12.6. The van der Waals surface area contributed by atoms with Crippen LogP contribution in [0.15, 0.2) is 36.5 Å². The molecule has 1 saturated heterocycles. The van der Waals surface area contributed by atoms with Gasteiger partial charge in [0.25, 0.3) is 0 Å². The quantitative estimate of drug-likeness (QED) is 0.381. The number of esters is 1. The predicted molar refractivity (Wildman–Crippen MR) is 110 cm³/mol. The lowest BCUT2D eigenvalue weighted by Gasteiger charge is -2.32. The summed E-state index contributed by atoms with van der Waals surface area (Å²) in [5.74, 6) is -0.786. The molecule has 1 amide bonds. The number of ether oxygens (including phenoxy) is 5.